The molecule has 0 radical (unpaired) electrons. The van der Waals surface area contributed by atoms with Crippen LogP contribution in [0.5, 0.6) is 0 Å². The lowest BCUT2D eigenvalue weighted by Crippen LogP contribution is -2.29. The molecule has 26 heavy (non-hydrogen) atoms. The van der Waals surface area contributed by atoms with Gasteiger partial charge < -0.3 is 9.47 Å². The second kappa shape index (κ2) is 7.92. The highest BCUT2D eigenvalue weighted by Crippen LogP contribution is 2.34. The van der Waals surface area contributed by atoms with Crippen molar-refractivity contribution in [3.63, 3.8) is 0 Å². The van der Waals surface area contributed by atoms with Crippen molar-refractivity contribution in [3.8, 4) is 0 Å². The number of hydrogen-bond acceptors (Lipinski definition) is 5. The summed E-state index contributed by atoms with van der Waals surface area (Å²) in [5.41, 5.74) is 1.34. The quantitative estimate of drug-likeness (QED) is 0.551. The molecule has 1 aromatic carbocycles. The van der Waals surface area contributed by atoms with E-state index in [4.69, 9.17) is 9.47 Å². The first kappa shape index (κ1) is 19.1. The molecule has 1 aromatic rings. The molecule has 1 aliphatic carbocycles. The summed E-state index contributed by atoms with van der Waals surface area (Å²) in [6, 6.07) is 6.96. The van der Waals surface area contributed by atoms with Crippen molar-refractivity contribution in [1.29, 1.82) is 0 Å². The molecule has 2 atom stereocenters. The standard InChI is InChI=1S/C20H26O5S/c1-3-14(2)20(21)25-19-9-5-8-18(24-19)15-10-12-17(13-11-15)26(22,23)16-6-4-7-16/h10-13,16,18-19H,2-9H2,1H3. The van der Waals surface area contributed by atoms with Crippen molar-refractivity contribution < 1.29 is 22.7 Å². The number of ether oxygens (including phenoxy) is 2. The van der Waals surface area contributed by atoms with Gasteiger partial charge in [0.2, 0.25) is 6.29 Å². The zero-order valence-electron chi connectivity index (χ0n) is 15.1. The van der Waals surface area contributed by atoms with Crippen molar-refractivity contribution in [2.45, 2.75) is 74.4 Å². The minimum Gasteiger partial charge on any atom is -0.432 e. The molecule has 1 aliphatic heterocycles. The maximum atomic E-state index is 12.5. The van der Waals surface area contributed by atoms with Gasteiger partial charge in [-0.05, 0) is 49.8 Å². The monoisotopic (exact) mass is 378 g/mol. The van der Waals surface area contributed by atoms with Crippen LogP contribution in [0.2, 0.25) is 0 Å². The number of carbonyl (C=O) groups excluding carboxylic acids is 1. The number of esters is 1. The first-order valence-electron chi connectivity index (χ1n) is 9.30. The van der Waals surface area contributed by atoms with Crippen molar-refractivity contribution in [2.24, 2.45) is 0 Å². The van der Waals surface area contributed by atoms with Crippen LogP contribution >= 0.6 is 0 Å². The van der Waals surface area contributed by atoms with Crippen LogP contribution in [-0.2, 0) is 24.1 Å². The molecule has 0 spiro atoms. The highest BCUT2D eigenvalue weighted by Gasteiger charge is 2.33. The lowest BCUT2D eigenvalue weighted by Gasteiger charge is -2.30. The highest BCUT2D eigenvalue weighted by molar-refractivity contribution is 7.92. The molecule has 0 N–H and O–H groups in total. The average molecular weight is 378 g/mol. The fourth-order valence-electron chi connectivity index (χ4n) is 3.21. The predicted molar refractivity (Wildman–Crippen MR) is 98.3 cm³/mol. The van der Waals surface area contributed by atoms with Crippen LogP contribution in [0.1, 0.15) is 63.5 Å². The summed E-state index contributed by atoms with van der Waals surface area (Å²) in [7, 11) is -3.21. The van der Waals surface area contributed by atoms with Crippen LogP contribution in [-0.4, -0.2) is 25.9 Å². The first-order valence-corrected chi connectivity index (χ1v) is 10.8. The van der Waals surface area contributed by atoms with E-state index < -0.39 is 22.1 Å². The van der Waals surface area contributed by atoms with Gasteiger partial charge in [0, 0.05) is 12.0 Å². The molecule has 2 aliphatic rings. The van der Waals surface area contributed by atoms with Gasteiger partial charge in [0.15, 0.2) is 9.84 Å². The van der Waals surface area contributed by atoms with Crippen LogP contribution < -0.4 is 0 Å². The first-order chi connectivity index (χ1) is 12.4. The van der Waals surface area contributed by atoms with Gasteiger partial charge in [-0.25, -0.2) is 13.2 Å². The van der Waals surface area contributed by atoms with Gasteiger partial charge in [-0.15, -0.1) is 0 Å². The summed E-state index contributed by atoms with van der Waals surface area (Å²) in [5.74, 6) is -0.417. The number of rotatable bonds is 6. The number of carbonyl (C=O) groups is 1. The molecule has 2 fully saturated rings. The van der Waals surface area contributed by atoms with E-state index in [1.165, 1.54) is 0 Å². The van der Waals surface area contributed by atoms with Gasteiger partial charge in [-0.2, -0.15) is 0 Å². The van der Waals surface area contributed by atoms with Crippen molar-refractivity contribution in [3.05, 3.63) is 42.0 Å². The maximum absolute atomic E-state index is 12.5. The Kier molecular flexibility index (Phi) is 5.82. The van der Waals surface area contributed by atoms with Gasteiger partial charge in [0.1, 0.15) is 0 Å². The van der Waals surface area contributed by atoms with E-state index in [0.29, 0.717) is 23.3 Å². The second-order valence-corrected chi connectivity index (χ2v) is 9.24. The van der Waals surface area contributed by atoms with Crippen LogP contribution in [0.15, 0.2) is 41.3 Å². The van der Waals surface area contributed by atoms with E-state index >= 15 is 0 Å². The molecular formula is C20H26O5S. The smallest absolute Gasteiger partial charge is 0.335 e. The van der Waals surface area contributed by atoms with Gasteiger partial charge in [-0.3, -0.25) is 0 Å². The summed E-state index contributed by atoms with van der Waals surface area (Å²) in [6.45, 7) is 5.54. The Morgan fingerprint density at radius 1 is 1.15 bits per heavy atom. The van der Waals surface area contributed by atoms with Crippen LogP contribution in [0.4, 0.5) is 0 Å². The lowest BCUT2D eigenvalue weighted by molar-refractivity contribution is -0.200. The highest BCUT2D eigenvalue weighted by atomic mass is 32.2. The summed E-state index contributed by atoms with van der Waals surface area (Å²) in [4.78, 5) is 12.2. The number of sulfone groups is 1. The predicted octanol–water partition coefficient (Wildman–Crippen LogP) is 4.09. The van der Waals surface area contributed by atoms with Crippen molar-refractivity contribution in [1.82, 2.24) is 0 Å². The Labute approximate surface area is 155 Å². The van der Waals surface area contributed by atoms with Gasteiger partial charge in [-0.1, -0.05) is 32.1 Å². The summed E-state index contributed by atoms with van der Waals surface area (Å²) in [5, 5.41) is -0.227. The Morgan fingerprint density at radius 3 is 2.38 bits per heavy atom. The molecule has 0 aromatic heterocycles. The Balaban J connectivity index is 1.65. The van der Waals surface area contributed by atoms with Crippen LogP contribution in [0.3, 0.4) is 0 Å². The fourth-order valence-corrected chi connectivity index (χ4v) is 5.07. The third-order valence-electron chi connectivity index (χ3n) is 5.25. The SMILES string of the molecule is C=C(CC)C(=O)OC1CCCC(c2ccc(S(=O)(=O)C3CCC3)cc2)O1. The van der Waals surface area contributed by atoms with E-state index in [9.17, 15) is 13.2 Å². The molecular weight excluding hydrogens is 352 g/mol. The molecule has 1 saturated heterocycles. The molecule has 2 unspecified atom stereocenters. The molecule has 142 valence electrons. The normalized spacial score (nSPS) is 23.9. The topological polar surface area (TPSA) is 69.7 Å². The molecule has 3 rings (SSSR count). The summed E-state index contributed by atoms with van der Waals surface area (Å²) in [6.07, 6.45) is 4.63. The van der Waals surface area contributed by atoms with Crippen molar-refractivity contribution in [2.75, 3.05) is 0 Å². The third kappa shape index (κ3) is 4.01. The van der Waals surface area contributed by atoms with Crippen LogP contribution in [0.25, 0.3) is 0 Å². The minimum atomic E-state index is -3.21. The number of hydrogen-bond donors (Lipinski definition) is 0. The summed E-state index contributed by atoms with van der Waals surface area (Å²) >= 11 is 0. The maximum Gasteiger partial charge on any atom is 0.335 e. The Morgan fingerprint density at radius 2 is 1.81 bits per heavy atom. The van der Waals surface area contributed by atoms with Gasteiger partial charge in [0.25, 0.3) is 0 Å². The van der Waals surface area contributed by atoms with E-state index in [2.05, 4.69) is 6.58 Å². The average Bonchev–Trinajstić information content (AvgIpc) is 2.59. The molecule has 1 saturated carbocycles. The molecule has 5 nitrogen and oxygen atoms in total. The lowest BCUT2D eigenvalue weighted by atomic mass is 10.00. The molecule has 0 bridgehead atoms. The van der Waals surface area contributed by atoms with Crippen molar-refractivity contribution >= 4 is 15.8 Å². The molecule has 1 heterocycles. The van der Waals surface area contributed by atoms with Gasteiger partial charge in [0.05, 0.1) is 16.2 Å². The minimum absolute atomic E-state index is 0.197. The van der Waals surface area contributed by atoms with Crippen LogP contribution in [0, 0.1) is 0 Å². The summed E-state index contributed by atoms with van der Waals surface area (Å²) < 4.78 is 36.2. The zero-order chi connectivity index (χ0) is 18.7. The fraction of sp³-hybridized carbons (Fsp3) is 0.550. The Hall–Kier alpha value is -1.66. The largest absolute Gasteiger partial charge is 0.432 e. The second-order valence-electron chi connectivity index (χ2n) is 7.01. The van der Waals surface area contributed by atoms with E-state index in [-0.39, 0.29) is 11.4 Å². The zero-order valence-corrected chi connectivity index (χ0v) is 16.0. The van der Waals surface area contributed by atoms with E-state index in [0.717, 1.165) is 37.7 Å². The van der Waals surface area contributed by atoms with Gasteiger partial charge >= 0.3 is 5.97 Å². The number of benzene rings is 1. The van der Waals surface area contributed by atoms with E-state index in [1.54, 1.807) is 12.1 Å². The Bertz CT molecular complexity index is 762. The third-order valence-corrected chi connectivity index (χ3v) is 7.53. The van der Waals surface area contributed by atoms with E-state index in [1.807, 2.05) is 19.1 Å². The molecule has 6 heteroatoms. The molecule has 0 amide bonds.